The van der Waals surface area contributed by atoms with Gasteiger partial charge in [-0.3, -0.25) is 0 Å². The van der Waals surface area contributed by atoms with Crippen LogP contribution in [-0.4, -0.2) is 11.9 Å². The summed E-state index contributed by atoms with van der Waals surface area (Å²) in [5.41, 5.74) is 6.00. The first-order valence-electron chi connectivity index (χ1n) is 11.6. The van der Waals surface area contributed by atoms with E-state index < -0.39 is 5.97 Å². The van der Waals surface area contributed by atoms with Crippen molar-refractivity contribution in [3.8, 4) is 0 Å². The van der Waals surface area contributed by atoms with Crippen molar-refractivity contribution < 1.29 is 19.1 Å². The molecular formula is C29H34O4. The molecule has 33 heavy (non-hydrogen) atoms. The summed E-state index contributed by atoms with van der Waals surface area (Å²) in [6.07, 6.45) is 20.1. The summed E-state index contributed by atoms with van der Waals surface area (Å²) >= 11 is 0. The molecule has 0 aliphatic heterocycles. The molecule has 0 N–H and O–H groups in total. The zero-order valence-corrected chi connectivity index (χ0v) is 20.0. The molecule has 4 nitrogen and oxygen atoms in total. The van der Waals surface area contributed by atoms with Gasteiger partial charge in [-0.15, -0.1) is 0 Å². The van der Waals surface area contributed by atoms with E-state index in [2.05, 4.69) is 51.3 Å². The number of carbonyl (C=O) groups is 2. The lowest BCUT2D eigenvalue weighted by molar-refractivity contribution is -0.135. The van der Waals surface area contributed by atoms with Gasteiger partial charge in [-0.05, 0) is 67.7 Å². The molecule has 0 fully saturated rings. The maximum Gasteiger partial charge on any atom is 0.338 e. The number of esters is 2. The lowest BCUT2D eigenvalue weighted by Gasteiger charge is -2.32. The Bertz CT molecular complexity index is 1040. The van der Waals surface area contributed by atoms with Crippen LogP contribution in [0.15, 0.2) is 95.1 Å². The largest absolute Gasteiger partial charge is 0.428 e. The molecule has 3 rings (SSSR count). The molecule has 0 unspecified atom stereocenters. The average Bonchev–Trinajstić information content (AvgIpc) is 2.80. The first kappa shape index (κ1) is 24.5. The molecule has 4 heteroatoms. The highest BCUT2D eigenvalue weighted by atomic mass is 16.5. The molecule has 0 aromatic heterocycles. The molecule has 0 heterocycles. The van der Waals surface area contributed by atoms with Gasteiger partial charge >= 0.3 is 11.9 Å². The van der Waals surface area contributed by atoms with Gasteiger partial charge < -0.3 is 9.47 Å². The van der Waals surface area contributed by atoms with Crippen molar-refractivity contribution in [2.45, 2.75) is 65.7 Å². The van der Waals surface area contributed by atoms with E-state index in [1.165, 1.54) is 28.4 Å². The van der Waals surface area contributed by atoms with Crippen LogP contribution >= 0.6 is 0 Å². The predicted octanol–water partition coefficient (Wildman–Crippen LogP) is 7.11. The average molecular weight is 447 g/mol. The van der Waals surface area contributed by atoms with E-state index >= 15 is 0 Å². The number of hydrogen-bond acceptors (Lipinski definition) is 4. The van der Waals surface area contributed by atoms with Crippen LogP contribution in [0.25, 0.3) is 0 Å². The third kappa shape index (κ3) is 6.67. The smallest absolute Gasteiger partial charge is 0.338 e. The predicted molar refractivity (Wildman–Crippen MR) is 132 cm³/mol. The van der Waals surface area contributed by atoms with Crippen molar-refractivity contribution >= 4 is 11.9 Å². The summed E-state index contributed by atoms with van der Waals surface area (Å²) in [6.45, 7) is 13.3. The van der Waals surface area contributed by atoms with Crippen molar-refractivity contribution in [1.29, 1.82) is 0 Å². The second-order valence-corrected chi connectivity index (χ2v) is 9.52. The molecule has 3 aliphatic carbocycles. The van der Waals surface area contributed by atoms with Gasteiger partial charge in [0.2, 0.25) is 0 Å². The van der Waals surface area contributed by atoms with E-state index in [0.717, 1.165) is 44.9 Å². The zero-order valence-electron chi connectivity index (χ0n) is 20.0. The molecular weight excluding hydrogens is 412 g/mol. The van der Waals surface area contributed by atoms with E-state index in [1.54, 1.807) is 6.92 Å². The van der Waals surface area contributed by atoms with Gasteiger partial charge in [0.15, 0.2) is 0 Å². The third-order valence-electron chi connectivity index (χ3n) is 6.38. The highest BCUT2D eigenvalue weighted by Gasteiger charge is 2.27. The minimum atomic E-state index is -0.403. The van der Waals surface area contributed by atoms with Gasteiger partial charge in [-0.25, -0.2) is 9.59 Å². The standard InChI is InChI=1S/C29H34O4/c1-6-27(30)32-25-17-13-24(14-18-25)29(4,5)19-21-7-9-22(10-8-21)23-11-15-26(16-12-23)33-28(31)20(2)3/h6-7,9,11,13,15,17H,1-2,8,10,12,14,16,18-19H2,3-5H3. The molecule has 0 aromatic rings. The molecule has 174 valence electrons. The third-order valence-corrected chi connectivity index (χ3v) is 6.38. The Kier molecular flexibility index (Phi) is 7.91. The van der Waals surface area contributed by atoms with Crippen LogP contribution in [0, 0.1) is 5.41 Å². The molecule has 0 atom stereocenters. The Morgan fingerprint density at radius 2 is 1.48 bits per heavy atom. The van der Waals surface area contributed by atoms with Crippen molar-refractivity contribution in [3.63, 3.8) is 0 Å². The lowest BCUT2D eigenvalue weighted by Crippen LogP contribution is -2.18. The van der Waals surface area contributed by atoms with Crippen LogP contribution < -0.4 is 0 Å². The van der Waals surface area contributed by atoms with Crippen molar-refractivity contribution in [2.24, 2.45) is 5.41 Å². The molecule has 0 spiro atoms. The number of allylic oxidation sites excluding steroid dienone is 12. The van der Waals surface area contributed by atoms with Gasteiger partial charge in [-0.2, -0.15) is 0 Å². The van der Waals surface area contributed by atoms with Crippen LogP contribution in [0.1, 0.15) is 65.7 Å². The Balaban J connectivity index is 1.62. The van der Waals surface area contributed by atoms with E-state index in [4.69, 9.17) is 9.47 Å². The fourth-order valence-corrected chi connectivity index (χ4v) is 4.39. The first-order chi connectivity index (χ1) is 15.7. The van der Waals surface area contributed by atoms with E-state index in [0.29, 0.717) is 17.1 Å². The van der Waals surface area contributed by atoms with Crippen LogP contribution in [0.2, 0.25) is 0 Å². The fourth-order valence-electron chi connectivity index (χ4n) is 4.39. The molecule has 0 aromatic carbocycles. The zero-order chi connectivity index (χ0) is 24.0. The fraction of sp³-hybridized carbons (Fsp3) is 0.379. The number of carbonyl (C=O) groups excluding carboxylic acids is 2. The van der Waals surface area contributed by atoms with Crippen LogP contribution in [-0.2, 0) is 19.1 Å². The summed E-state index contributed by atoms with van der Waals surface area (Å²) in [4.78, 5) is 23.1. The van der Waals surface area contributed by atoms with Crippen molar-refractivity contribution in [1.82, 2.24) is 0 Å². The Hall–Kier alpha value is -3.14. The number of rotatable bonds is 8. The SMILES string of the molecule is C=CC(=O)OC1=CC=C(C(C)(C)CC2=CC=C(C3=CC=C(OC(=O)C(=C)C)CC3)CC2)CC1. The van der Waals surface area contributed by atoms with E-state index in [9.17, 15) is 9.59 Å². The van der Waals surface area contributed by atoms with Gasteiger partial charge in [0.25, 0.3) is 0 Å². The van der Waals surface area contributed by atoms with Gasteiger partial charge in [0, 0.05) is 24.5 Å². The summed E-state index contributed by atoms with van der Waals surface area (Å²) in [5.74, 6) is 0.650. The maximum absolute atomic E-state index is 11.7. The number of ether oxygens (including phenoxy) is 2. The molecule has 0 amide bonds. The quantitative estimate of drug-likeness (QED) is 0.295. The van der Waals surface area contributed by atoms with Gasteiger partial charge in [-0.1, -0.05) is 62.5 Å². The van der Waals surface area contributed by atoms with Crippen molar-refractivity contribution in [3.05, 3.63) is 95.1 Å². The molecule has 3 aliphatic rings. The summed E-state index contributed by atoms with van der Waals surface area (Å²) in [5, 5.41) is 0. The Morgan fingerprint density at radius 3 is 2.00 bits per heavy atom. The van der Waals surface area contributed by atoms with Gasteiger partial charge in [0.05, 0.1) is 0 Å². The Morgan fingerprint density at radius 1 is 0.879 bits per heavy atom. The monoisotopic (exact) mass is 446 g/mol. The van der Waals surface area contributed by atoms with Crippen LogP contribution in [0.5, 0.6) is 0 Å². The highest BCUT2D eigenvalue weighted by molar-refractivity contribution is 5.87. The van der Waals surface area contributed by atoms with E-state index in [1.807, 2.05) is 12.2 Å². The first-order valence-corrected chi connectivity index (χ1v) is 11.6. The lowest BCUT2D eigenvalue weighted by atomic mass is 9.73. The maximum atomic E-state index is 11.7. The molecule has 0 radical (unpaired) electrons. The summed E-state index contributed by atoms with van der Waals surface area (Å²) in [7, 11) is 0. The normalized spacial score (nSPS) is 18.5. The Labute approximate surface area is 197 Å². The molecule has 0 saturated heterocycles. The number of hydrogen-bond donors (Lipinski definition) is 0. The van der Waals surface area contributed by atoms with Crippen molar-refractivity contribution in [2.75, 3.05) is 0 Å². The van der Waals surface area contributed by atoms with Crippen LogP contribution in [0.3, 0.4) is 0 Å². The van der Waals surface area contributed by atoms with Crippen LogP contribution in [0.4, 0.5) is 0 Å². The summed E-state index contributed by atoms with van der Waals surface area (Å²) in [6, 6.07) is 0. The topological polar surface area (TPSA) is 52.6 Å². The van der Waals surface area contributed by atoms with Gasteiger partial charge in [0.1, 0.15) is 11.5 Å². The highest BCUT2D eigenvalue weighted by Crippen LogP contribution is 2.41. The molecule has 0 saturated carbocycles. The second-order valence-electron chi connectivity index (χ2n) is 9.52. The minimum absolute atomic E-state index is 0.0521. The molecule has 0 bridgehead atoms. The summed E-state index contributed by atoms with van der Waals surface area (Å²) < 4.78 is 10.6. The second kappa shape index (κ2) is 10.7. The van der Waals surface area contributed by atoms with E-state index in [-0.39, 0.29) is 11.4 Å². The minimum Gasteiger partial charge on any atom is -0.428 e.